The third-order valence-corrected chi connectivity index (χ3v) is 3.26. The molecule has 2 amide bonds. The number of nitrogens with one attached hydrogen (secondary N) is 1. The topological polar surface area (TPSA) is 133 Å². The van der Waals surface area contributed by atoms with Gasteiger partial charge in [0.15, 0.2) is 0 Å². The summed E-state index contributed by atoms with van der Waals surface area (Å²) in [6, 6.07) is -1.95. The molecule has 1 aliphatic rings. The molecule has 20 heavy (non-hydrogen) atoms. The number of aliphatic hydroxyl groups excluding tert-OH is 1. The minimum atomic E-state index is -1.24. The van der Waals surface area contributed by atoms with Crippen LogP contribution in [0, 0.1) is 0 Å². The molecule has 0 saturated carbocycles. The van der Waals surface area contributed by atoms with E-state index in [9.17, 15) is 24.6 Å². The van der Waals surface area contributed by atoms with E-state index >= 15 is 0 Å². The van der Waals surface area contributed by atoms with E-state index in [2.05, 4.69) is 5.32 Å². The van der Waals surface area contributed by atoms with Crippen LogP contribution in [-0.4, -0.2) is 64.2 Å². The van der Waals surface area contributed by atoms with Gasteiger partial charge in [0.25, 0.3) is 0 Å². The summed E-state index contributed by atoms with van der Waals surface area (Å²) in [6.07, 6.45) is 0.0256. The van der Waals surface area contributed by atoms with Gasteiger partial charge in [-0.2, -0.15) is 0 Å². The van der Waals surface area contributed by atoms with E-state index in [4.69, 9.17) is 5.73 Å². The molecule has 0 aromatic carbocycles. The number of nitrogens with two attached hydrogens (primary N) is 1. The fourth-order valence-corrected chi connectivity index (χ4v) is 2.28. The second kappa shape index (κ2) is 7.32. The van der Waals surface area contributed by atoms with Gasteiger partial charge in [-0.15, -0.1) is 0 Å². The Morgan fingerprint density at radius 3 is 2.50 bits per heavy atom. The zero-order valence-electron chi connectivity index (χ0n) is 11.4. The molecule has 0 aromatic heterocycles. The average molecular weight is 287 g/mol. The molecule has 1 saturated heterocycles. The van der Waals surface area contributed by atoms with Gasteiger partial charge in [-0.05, 0) is 25.8 Å². The summed E-state index contributed by atoms with van der Waals surface area (Å²) in [5.41, 5.74) is 5.34. The Labute approximate surface area is 116 Å². The van der Waals surface area contributed by atoms with Crippen molar-refractivity contribution in [2.75, 3.05) is 13.1 Å². The molecule has 1 rings (SSSR count). The summed E-state index contributed by atoms with van der Waals surface area (Å²) >= 11 is 0. The van der Waals surface area contributed by atoms with E-state index in [1.165, 1.54) is 0 Å². The van der Waals surface area contributed by atoms with Crippen molar-refractivity contribution in [1.29, 1.82) is 0 Å². The number of aliphatic hydroxyl groups is 1. The maximum absolute atomic E-state index is 12.3. The molecule has 3 atom stereocenters. The van der Waals surface area contributed by atoms with Gasteiger partial charge in [-0.1, -0.05) is 0 Å². The molecule has 0 radical (unpaired) electrons. The molecule has 3 unspecified atom stereocenters. The molecule has 0 spiro atoms. The summed E-state index contributed by atoms with van der Waals surface area (Å²) in [7, 11) is 0. The lowest BCUT2D eigenvalue weighted by Gasteiger charge is -2.28. The van der Waals surface area contributed by atoms with Crippen molar-refractivity contribution >= 4 is 17.8 Å². The Hall–Kier alpha value is -1.51. The summed E-state index contributed by atoms with van der Waals surface area (Å²) in [5.74, 6) is -2.47. The number of hydrogen-bond acceptors (Lipinski definition) is 6. The normalized spacial score (nSPS) is 23.4. The molecule has 1 fully saturated rings. The van der Waals surface area contributed by atoms with Crippen molar-refractivity contribution < 1.29 is 24.6 Å². The Morgan fingerprint density at radius 1 is 1.45 bits per heavy atom. The molecular weight excluding hydrogens is 266 g/mol. The number of β-amino-alcohol motifs (C(OH)–C–C–N with tert-alkyl or cyclic N) is 1. The van der Waals surface area contributed by atoms with Crippen LogP contribution in [0.5, 0.6) is 0 Å². The second-order valence-corrected chi connectivity index (χ2v) is 4.86. The van der Waals surface area contributed by atoms with E-state index in [-0.39, 0.29) is 25.9 Å². The van der Waals surface area contributed by atoms with E-state index in [0.717, 1.165) is 11.8 Å². The number of nitrogens with zero attached hydrogens (tertiary/aromatic N) is 1. The molecule has 114 valence electrons. The number of carbonyl (C=O) groups is 3. The van der Waals surface area contributed by atoms with Gasteiger partial charge >= 0.3 is 5.97 Å². The van der Waals surface area contributed by atoms with Gasteiger partial charge in [-0.3, -0.25) is 14.5 Å². The van der Waals surface area contributed by atoms with Gasteiger partial charge in [-0.25, -0.2) is 4.79 Å². The lowest BCUT2D eigenvalue weighted by atomic mass is 10.1. The number of carboxylic acid groups (broad SMARTS) is 1. The fraction of sp³-hybridized carbons (Fsp3) is 0.750. The average Bonchev–Trinajstić information content (AvgIpc) is 2.79. The van der Waals surface area contributed by atoms with E-state index < -0.39 is 36.0 Å². The number of imide groups is 1. The quantitative estimate of drug-likeness (QED) is 0.456. The molecule has 1 aliphatic heterocycles. The van der Waals surface area contributed by atoms with Crippen molar-refractivity contribution in [3.8, 4) is 0 Å². The SMILES string of the molecule is CC(=O)N(C(=O)C1CC(O)CN1)C(CCCN)C(=O)O. The molecule has 8 heteroatoms. The molecular formula is C12H21N3O5. The molecule has 0 aliphatic carbocycles. The summed E-state index contributed by atoms with van der Waals surface area (Å²) in [6.45, 7) is 1.69. The molecule has 1 heterocycles. The Kier molecular flexibility index (Phi) is 6.05. The highest BCUT2D eigenvalue weighted by molar-refractivity contribution is 6.00. The maximum atomic E-state index is 12.3. The van der Waals surface area contributed by atoms with Crippen LogP contribution >= 0.6 is 0 Å². The first-order valence-corrected chi connectivity index (χ1v) is 6.56. The number of amides is 2. The summed E-state index contributed by atoms with van der Waals surface area (Å²) < 4.78 is 0. The van der Waals surface area contributed by atoms with Crippen LogP contribution in [0.1, 0.15) is 26.2 Å². The van der Waals surface area contributed by atoms with Crippen LogP contribution in [0.4, 0.5) is 0 Å². The van der Waals surface area contributed by atoms with E-state index in [1.54, 1.807) is 0 Å². The van der Waals surface area contributed by atoms with Crippen molar-refractivity contribution in [2.24, 2.45) is 5.73 Å². The first-order valence-electron chi connectivity index (χ1n) is 6.56. The monoisotopic (exact) mass is 287 g/mol. The predicted molar refractivity (Wildman–Crippen MR) is 69.7 cm³/mol. The van der Waals surface area contributed by atoms with Crippen molar-refractivity contribution in [1.82, 2.24) is 10.2 Å². The van der Waals surface area contributed by atoms with E-state index in [1.807, 2.05) is 0 Å². The van der Waals surface area contributed by atoms with Crippen molar-refractivity contribution in [2.45, 2.75) is 44.4 Å². The number of carbonyl (C=O) groups excluding carboxylic acids is 2. The van der Waals surface area contributed by atoms with E-state index in [0.29, 0.717) is 6.42 Å². The zero-order chi connectivity index (χ0) is 15.3. The molecule has 8 nitrogen and oxygen atoms in total. The first kappa shape index (κ1) is 16.5. The van der Waals surface area contributed by atoms with Crippen molar-refractivity contribution in [3.63, 3.8) is 0 Å². The van der Waals surface area contributed by atoms with Gasteiger partial charge in [0, 0.05) is 13.5 Å². The van der Waals surface area contributed by atoms with Crippen LogP contribution in [0.2, 0.25) is 0 Å². The van der Waals surface area contributed by atoms with Crippen LogP contribution in [0.25, 0.3) is 0 Å². The summed E-state index contributed by atoms with van der Waals surface area (Å²) in [5, 5.41) is 21.4. The minimum Gasteiger partial charge on any atom is -0.480 e. The highest BCUT2D eigenvalue weighted by Gasteiger charge is 2.38. The van der Waals surface area contributed by atoms with Gasteiger partial charge in [0.1, 0.15) is 6.04 Å². The van der Waals surface area contributed by atoms with Crippen LogP contribution < -0.4 is 11.1 Å². The lowest BCUT2D eigenvalue weighted by molar-refractivity contribution is -0.158. The maximum Gasteiger partial charge on any atom is 0.326 e. The first-order chi connectivity index (χ1) is 9.38. The second-order valence-electron chi connectivity index (χ2n) is 4.86. The Morgan fingerprint density at radius 2 is 2.10 bits per heavy atom. The van der Waals surface area contributed by atoms with Gasteiger partial charge in [0.05, 0.1) is 12.1 Å². The lowest BCUT2D eigenvalue weighted by Crippen LogP contribution is -2.53. The predicted octanol–water partition coefficient (Wildman–Crippen LogP) is -1.72. The summed E-state index contributed by atoms with van der Waals surface area (Å²) in [4.78, 5) is 36.0. The smallest absolute Gasteiger partial charge is 0.326 e. The third-order valence-electron chi connectivity index (χ3n) is 3.26. The largest absolute Gasteiger partial charge is 0.480 e. The molecule has 5 N–H and O–H groups in total. The highest BCUT2D eigenvalue weighted by Crippen LogP contribution is 2.15. The molecule has 0 bridgehead atoms. The minimum absolute atomic E-state index is 0.117. The standard InChI is InChI=1S/C12H21N3O5/c1-7(16)15(10(12(19)20)3-2-4-13)11(18)9-5-8(17)6-14-9/h8-10,14,17H,2-6,13H2,1H3,(H,19,20). The van der Waals surface area contributed by atoms with Gasteiger partial charge in [0.2, 0.25) is 11.8 Å². The number of rotatable bonds is 6. The Balaban J connectivity index is 2.87. The number of aliphatic carboxylic acids is 1. The fourth-order valence-electron chi connectivity index (χ4n) is 2.28. The highest BCUT2D eigenvalue weighted by atomic mass is 16.4. The van der Waals surface area contributed by atoms with Crippen LogP contribution in [0.15, 0.2) is 0 Å². The van der Waals surface area contributed by atoms with Crippen LogP contribution in [0.3, 0.4) is 0 Å². The number of carboxylic acids is 1. The van der Waals surface area contributed by atoms with Gasteiger partial charge < -0.3 is 21.3 Å². The zero-order valence-corrected chi connectivity index (χ0v) is 11.4. The van der Waals surface area contributed by atoms with Crippen LogP contribution in [-0.2, 0) is 14.4 Å². The van der Waals surface area contributed by atoms with Crippen molar-refractivity contribution in [3.05, 3.63) is 0 Å². The number of hydrogen-bond donors (Lipinski definition) is 4. The Bertz CT molecular complexity index is 387. The molecule has 0 aromatic rings. The third kappa shape index (κ3) is 3.99.